The Morgan fingerprint density at radius 3 is 2.65 bits per heavy atom. The molecule has 4 rings (SSSR count). The van der Waals surface area contributed by atoms with E-state index in [4.69, 9.17) is 4.98 Å². The summed E-state index contributed by atoms with van der Waals surface area (Å²) in [5, 5.41) is 0. The molecule has 2 heterocycles. The van der Waals surface area contributed by atoms with Gasteiger partial charge in [0.15, 0.2) is 0 Å². The second kappa shape index (κ2) is 5.87. The quantitative estimate of drug-likeness (QED) is 0.855. The molecule has 0 radical (unpaired) electrons. The minimum Gasteiger partial charge on any atom is -0.341 e. The zero-order chi connectivity index (χ0) is 15.8. The highest BCUT2D eigenvalue weighted by Gasteiger charge is 2.30. The number of carbonyl (C=O) groups is 1. The molecule has 5 heteroatoms. The number of amides is 1. The van der Waals surface area contributed by atoms with E-state index in [2.05, 4.69) is 39.6 Å². The molecular formula is C18H24N4O. The second-order valence-electron chi connectivity index (χ2n) is 6.75. The molecular weight excluding hydrogens is 288 g/mol. The van der Waals surface area contributed by atoms with Crippen LogP contribution in [0, 0.1) is 5.92 Å². The van der Waals surface area contributed by atoms with Gasteiger partial charge in [-0.2, -0.15) is 0 Å². The van der Waals surface area contributed by atoms with E-state index in [0.29, 0.717) is 11.8 Å². The van der Waals surface area contributed by atoms with E-state index in [1.54, 1.807) is 0 Å². The van der Waals surface area contributed by atoms with Gasteiger partial charge in [-0.25, -0.2) is 4.98 Å². The molecule has 0 spiro atoms. The topological polar surface area (TPSA) is 41.4 Å². The summed E-state index contributed by atoms with van der Waals surface area (Å²) in [5.74, 6) is 1.70. The molecule has 1 saturated heterocycles. The van der Waals surface area contributed by atoms with Crippen molar-refractivity contribution < 1.29 is 4.79 Å². The number of benzene rings is 1. The normalized spacial score (nSPS) is 19.7. The lowest BCUT2D eigenvalue weighted by Crippen LogP contribution is -2.41. The fourth-order valence-corrected chi connectivity index (χ4v) is 3.67. The first kappa shape index (κ1) is 14.5. The Kier molecular flexibility index (Phi) is 3.71. The Labute approximate surface area is 136 Å². The van der Waals surface area contributed by atoms with Crippen LogP contribution in [0.1, 0.15) is 25.7 Å². The number of rotatable bonds is 2. The standard InChI is InChI=1S/C18H24N4O/c1-20-16-9-3-2-8-15(16)19-18(20)22-11-5-10-21(12-13-22)17(23)14-6-4-7-14/h2-3,8-9,14H,4-7,10-13H2,1H3. The molecule has 1 aromatic carbocycles. The summed E-state index contributed by atoms with van der Waals surface area (Å²) >= 11 is 0. The first-order valence-electron chi connectivity index (χ1n) is 8.69. The van der Waals surface area contributed by atoms with Crippen LogP contribution in [0.15, 0.2) is 24.3 Å². The number of carbonyl (C=O) groups excluding carboxylic acids is 1. The van der Waals surface area contributed by atoms with E-state index < -0.39 is 0 Å². The van der Waals surface area contributed by atoms with Crippen molar-refractivity contribution in [3.63, 3.8) is 0 Å². The van der Waals surface area contributed by atoms with E-state index in [9.17, 15) is 4.79 Å². The lowest BCUT2D eigenvalue weighted by atomic mass is 9.84. The van der Waals surface area contributed by atoms with Crippen LogP contribution in [0.4, 0.5) is 5.95 Å². The van der Waals surface area contributed by atoms with Crippen LogP contribution in [-0.4, -0.2) is 46.5 Å². The highest BCUT2D eigenvalue weighted by atomic mass is 16.2. The molecule has 2 aromatic rings. The van der Waals surface area contributed by atoms with Gasteiger partial charge in [-0.15, -0.1) is 0 Å². The smallest absolute Gasteiger partial charge is 0.225 e. The van der Waals surface area contributed by atoms with Gasteiger partial charge in [0.1, 0.15) is 0 Å². The van der Waals surface area contributed by atoms with Crippen LogP contribution in [-0.2, 0) is 11.8 Å². The molecule has 1 aromatic heterocycles. The van der Waals surface area contributed by atoms with Gasteiger partial charge in [0.25, 0.3) is 0 Å². The first-order valence-corrected chi connectivity index (χ1v) is 8.69. The number of aromatic nitrogens is 2. The van der Waals surface area contributed by atoms with Crippen molar-refractivity contribution >= 4 is 22.9 Å². The Bertz CT molecular complexity index is 719. The van der Waals surface area contributed by atoms with Crippen molar-refractivity contribution in [2.75, 3.05) is 31.1 Å². The maximum atomic E-state index is 12.5. The largest absolute Gasteiger partial charge is 0.341 e. The molecule has 122 valence electrons. The van der Waals surface area contributed by atoms with Crippen molar-refractivity contribution in [1.82, 2.24) is 14.5 Å². The van der Waals surface area contributed by atoms with Crippen LogP contribution < -0.4 is 4.90 Å². The number of hydrogen-bond acceptors (Lipinski definition) is 3. The summed E-state index contributed by atoms with van der Waals surface area (Å²) < 4.78 is 2.17. The number of fused-ring (bicyclic) bond motifs is 1. The molecule has 0 unspecified atom stereocenters. The molecule has 23 heavy (non-hydrogen) atoms. The Morgan fingerprint density at radius 2 is 1.91 bits per heavy atom. The Morgan fingerprint density at radius 1 is 1.09 bits per heavy atom. The van der Waals surface area contributed by atoms with Crippen LogP contribution in [0.5, 0.6) is 0 Å². The minimum absolute atomic E-state index is 0.303. The lowest BCUT2D eigenvalue weighted by Gasteiger charge is -2.31. The Hall–Kier alpha value is -2.04. The Balaban J connectivity index is 1.51. The third kappa shape index (κ3) is 2.58. The van der Waals surface area contributed by atoms with Crippen molar-refractivity contribution in [2.45, 2.75) is 25.7 Å². The summed E-state index contributed by atoms with van der Waals surface area (Å²) in [6.07, 6.45) is 4.41. The van der Waals surface area contributed by atoms with Gasteiger partial charge in [-0.1, -0.05) is 18.6 Å². The number of aryl methyl sites for hydroxylation is 1. The average Bonchev–Trinajstić information content (AvgIpc) is 2.70. The number of anilines is 1. The predicted molar refractivity (Wildman–Crippen MR) is 91.5 cm³/mol. The predicted octanol–water partition coefficient (Wildman–Crippen LogP) is 2.41. The third-order valence-electron chi connectivity index (χ3n) is 5.31. The summed E-state index contributed by atoms with van der Waals surface area (Å²) in [7, 11) is 2.08. The average molecular weight is 312 g/mol. The summed E-state index contributed by atoms with van der Waals surface area (Å²) in [5.41, 5.74) is 2.20. The molecule has 2 aliphatic rings. The van der Waals surface area contributed by atoms with Gasteiger partial charge in [-0.3, -0.25) is 4.79 Å². The van der Waals surface area contributed by atoms with Gasteiger partial charge >= 0.3 is 0 Å². The number of para-hydroxylation sites is 2. The van der Waals surface area contributed by atoms with E-state index in [1.165, 1.54) is 6.42 Å². The first-order chi connectivity index (χ1) is 11.2. The zero-order valence-corrected chi connectivity index (χ0v) is 13.7. The SMILES string of the molecule is Cn1c(N2CCCN(C(=O)C3CCC3)CC2)nc2ccccc21. The second-order valence-corrected chi connectivity index (χ2v) is 6.75. The van der Waals surface area contributed by atoms with Crippen molar-refractivity contribution in [1.29, 1.82) is 0 Å². The molecule has 2 fully saturated rings. The summed E-state index contributed by atoms with van der Waals surface area (Å²) in [4.78, 5) is 21.7. The zero-order valence-electron chi connectivity index (χ0n) is 13.7. The molecule has 0 bridgehead atoms. The fourth-order valence-electron chi connectivity index (χ4n) is 3.67. The van der Waals surface area contributed by atoms with Crippen LogP contribution in [0.2, 0.25) is 0 Å². The van der Waals surface area contributed by atoms with E-state index in [-0.39, 0.29) is 0 Å². The van der Waals surface area contributed by atoms with Crippen molar-refractivity contribution in [3.8, 4) is 0 Å². The van der Waals surface area contributed by atoms with Crippen LogP contribution >= 0.6 is 0 Å². The number of nitrogens with zero attached hydrogens (tertiary/aromatic N) is 4. The maximum absolute atomic E-state index is 12.5. The lowest BCUT2D eigenvalue weighted by molar-refractivity contribution is -0.137. The van der Waals surface area contributed by atoms with Gasteiger partial charge < -0.3 is 14.4 Å². The van der Waals surface area contributed by atoms with E-state index >= 15 is 0 Å². The molecule has 0 atom stereocenters. The fraction of sp³-hybridized carbons (Fsp3) is 0.556. The van der Waals surface area contributed by atoms with Gasteiger partial charge in [0.2, 0.25) is 11.9 Å². The number of imidazole rings is 1. The molecule has 1 aliphatic heterocycles. The monoisotopic (exact) mass is 312 g/mol. The minimum atomic E-state index is 0.303. The van der Waals surface area contributed by atoms with Crippen LogP contribution in [0.3, 0.4) is 0 Å². The van der Waals surface area contributed by atoms with Crippen molar-refractivity contribution in [3.05, 3.63) is 24.3 Å². The van der Waals surface area contributed by atoms with Gasteiger partial charge in [-0.05, 0) is 31.4 Å². The van der Waals surface area contributed by atoms with Gasteiger partial charge in [0, 0.05) is 39.1 Å². The van der Waals surface area contributed by atoms with E-state index in [0.717, 1.165) is 62.4 Å². The maximum Gasteiger partial charge on any atom is 0.225 e. The van der Waals surface area contributed by atoms with Crippen molar-refractivity contribution in [2.24, 2.45) is 13.0 Å². The molecule has 1 amide bonds. The molecule has 1 saturated carbocycles. The molecule has 0 N–H and O–H groups in total. The van der Waals surface area contributed by atoms with Crippen LogP contribution in [0.25, 0.3) is 11.0 Å². The number of hydrogen-bond donors (Lipinski definition) is 0. The third-order valence-corrected chi connectivity index (χ3v) is 5.31. The van der Waals surface area contributed by atoms with E-state index in [1.807, 2.05) is 6.07 Å². The van der Waals surface area contributed by atoms with Gasteiger partial charge in [0.05, 0.1) is 11.0 Å². The highest BCUT2D eigenvalue weighted by Crippen LogP contribution is 2.29. The summed E-state index contributed by atoms with van der Waals surface area (Å²) in [6.45, 7) is 3.54. The molecule has 5 nitrogen and oxygen atoms in total. The highest BCUT2D eigenvalue weighted by molar-refractivity contribution is 5.80. The summed E-state index contributed by atoms with van der Waals surface area (Å²) in [6, 6.07) is 8.24. The molecule has 1 aliphatic carbocycles.